The summed E-state index contributed by atoms with van der Waals surface area (Å²) in [4.78, 5) is 15.7. The number of nitrogen functional groups attached to an aromatic ring is 1. The van der Waals surface area contributed by atoms with E-state index in [2.05, 4.69) is 4.98 Å². The van der Waals surface area contributed by atoms with Gasteiger partial charge in [0.2, 0.25) is 0 Å². The molecule has 0 aliphatic rings. The zero-order valence-electron chi connectivity index (χ0n) is 10.3. The van der Waals surface area contributed by atoms with Crippen LogP contribution in [0.1, 0.15) is 16.8 Å². The Bertz CT molecular complexity index is 605. The third kappa shape index (κ3) is 3.80. The predicted octanol–water partition coefficient (Wildman–Crippen LogP) is 3.10. The second-order valence-electron chi connectivity index (χ2n) is 4.26. The fraction of sp³-hybridized carbons (Fsp3) is 0.231. The van der Waals surface area contributed by atoms with Crippen LogP contribution in [-0.4, -0.2) is 10.8 Å². The van der Waals surface area contributed by atoms with Crippen LogP contribution >= 0.6 is 11.3 Å². The van der Waals surface area contributed by atoms with E-state index in [-0.39, 0.29) is 18.6 Å². The lowest BCUT2D eigenvalue weighted by atomic mass is 10.0. The molecule has 0 saturated carbocycles. The molecule has 1 aromatic heterocycles. The number of nitrogens with zero attached hydrogens (tertiary/aromatic N) is 1. The van der Waals surface area contributed by atoms with Crippen molar-refractivity contribution in [3.05, 3.63) is 46.5 Å². The number of thiazole rings is 1. The number of hydrogen-bond donors (Lipinski definition) is 1. The van der Waals surface area contributed by atoms with Crippen molar-refractivity contribution in [2.45, 2.75) is 19.0 Å². The number of anilines is 1. The first kappa shape index (κ1) is 14.5. The number of hydrogen-bond acceptors (Lipinski definition) is 4. The van der Waals surface area contributed by atoms with E-state index in [1.54, 1.807) is 5.38 Å². The van der Waals surface area contributed by atoms with Gasteiger partial charge in [0.25, 0.3) is 0 Å². The largest absolute Gasteiger partial charge is 0.416 e. The van der Waals surface area contributed by atoms with Gasteiger partial charge in [0.05, 0.1) is 11.3 Å². The van der Waals surface area contributed by atoms with Crippen LogP contribution in [-0.2, 0) is 23.8 Å². The van der Waals surface area contributed by atoms with E-state index in [1.807, 2.05) is 0 Å². The van der Waals surface area contributed by atoms with Crippen molar-refractivity contribution < 1.29 is 18.0 Å². The number of carbonyl (C=O) groups is 1. The minimum Gasteiger partial charge on any atom is -0.375 e. The van der Waals surface area contributed by atoms with Crippen LogP contribution in [0.25, 0.3) is 0 Å². The Morgan fingerprint density at radius 2 is 1.85 bits per heavy atom. The highest BCUT2D eigenvalue weighted by Gasteiger charge is 2.29. The standard InChI is InChI=1S/C13H11F3N2OS/c14-13(15,16)9-3-1-8(2-4-9)5-11(19)6-10-7-20-12(17)18-10/h1-4,7H,5-6H2,(H2,17,18). The van der Waals surface area contributed by atoms with E-state index in [4.69, 9.17) is 5.73 Å². The number of aromatic nitrogens is 1. The normalized spacial score (nSPS) is 11.6. The van der Waals surface area contributed by atoms with E-state index >= 15 is 0 Å². The molecular weight excluding hydrogens is 289 g/mol. The van der Waals surface area contributed by atoms with Crippen LogP contribution in [0.2, 0.25) is 0 Å². The fourth-order valence-electron chi connectivity index (χ4n) is 1.71. The molecule has 2 aromatic rings. The number of Topliss-reactive ketones (excluding diaryl/α,β-unsaturated/α-hetero) is 1. The second-order valence-corrected chi connectivity index (χ2v) is 5.15. The lowest BCUT2D eigenvalue weighted by Gasteiger charge is -2.07. The molecule has 0 amide bonds. The van der Waals surface area contributed by atoms with Gasteiger partial charge in [0.1, 0.15) is 5.78 Å². The van der Waals surface area contributed by atoms with Crippen LogP contribution in [0.5, 0.6) is 0 Å². The summed E-state index contributed by atoms with van der Waals surface area (Å²) in [5, 5.41) is 2.09. The van der Waals surface area contributed by atoms with E-state index in [1.165, 1.54) is 23.5 Å². The lowest BCUT2D eigenvalue weighted by Crippen LogP contribution is -2.08. The number of nitrogens with two attached hydrogens (primary N) is 1. The number of carbonyl (C=O) groups excluding carboxylic acids is 1. The summed E-state index contributed by atoms with van der Waals surface area (Å²) >= 11 is 1.25. The SMILES string of the molecule is Nc1nc(CC(=O)Cc2ccc(C(F)(F)F)cc2)cs1. The molecule has 2 N–H and O–H groups in total. The summed E-state index contributed by atoms with van der Waals surface area (Å²) in [6.45, 7) is 0. The first-order valence-electron chi connectivity index (χ1n) is 5.72. The Hall–Kier alpha value is -1.89. The van der Waals surface area contributed by atoms with Crippen molar-refractivity contribution in [2.75, 3.05) is 5.73 Å². The maximum absolute atomic E-state index is 12.4. The summed E-state index contributed by atoms with van der Waals surface area (Å²) in [5.74, 6) is -0.116. The van der Waals surface area contributed by atoms with Gasteiger partial charge in [-0.25, -0.2) is 4.98 Å². The third-order valence-electron chi connectivity index (χ3n) is 2.63. The summed E-state index contributed by atoms with van der Waals surface area (Å²) in [6.07, 6.45) is -4.15. The molecule has 7 heteroatoms. The van der Waals surface area contributed by atoms with Gasteiger partial charge in [-0.05, 0) is 17.7 Å². The van der Waals surface area contributed by atoms with Crippen molar-refractivity contribution in [3.8, 4) is 0 Å². The summed E-state index contributed by atoms with van der Waals surface area (Å²) < 4.78 is 37.2. The molecule has 0 aliphatic heterocycles. The van der Waals surface area contributed by atoms with Crippen molar-refractivity contribution in [3.63, 3.8) is 0 Å². The van der Waals surface area contributed by atoms with E-state index in [9.17, 15) is 18.0 Å². The molecule has 0 saturated heterocycles. The number of halogens is 3. The third-order valence-corrected chi connectivity index (χ3v) is 3.35. The topological polar surface area (TPSA) is 56.0 Å². The Balaban J connectivity index is 1.98. The van der Waals surface area contributed by atoms with Gasteiger partial charge >= 0.3 is 6.18 Å². The van der Waals surface area contributed by atoms with Crippen molar-refractivity contribution in [1.29, 1.82) is 0 Å². The highest BCUT2D eigenvalue weighted by Crippen LogP contribution is 2.29. The molecule has 0 spiro atoms. The molecule has 1 aromatic carbocycles. The number of benzene rings is 1. The monoisotopic (exact) mass is 300 g/mol. The molecule has 0 bridgehead atoms. The summed E-state index contributed by atoms with van der Waals surface area (Å²) in [6, 6.07) is 4.58. The Morgan fingerprint density at radius 3 is 2.35 bits per heavy atom. The van der Waals surface area contributed by atoms with E-state index in [0.29, 0.717) is 16.4 Å². The molecule has 20 heavy (non-hydrogen) atoms. The number of ketones is 1. The van der Waals surface area contributed by atoms with Gasteiger partial charge in [-0.15, -0.1) is 11.3 Å². The minimum absolute atomic E-state index is 0.0789. The van der Waals surface area contributed by atoms with Gasteiger partial charge < -0.3 is 5.73 Å². The fourth-order valence-corrected chi connectivity index (χ4v) is 2.27. The highest BCUT2D eigenvalue weighted by atomic mass is 32.1. The first-order chi connectivity index (χ1) is 9.34. The summed E-state index contributed by atoms with van der Waals surface area (Å²) in [5.41, 5.74) is 5.87. The van der Waals surface area contributed by atoms with Gasteiger partial charge in [-0.1, -0.05) is 12.1 Å². The average Bonchev–Trinajstić information content (AvgIpc) is 2.74. The van der Waals surface area contributed by atoms with Crippen LogP contribution in [0.4, 0.5) is 18.3 Å². The maximum Gasteiger partial charge on any atom is 0.416 e. The Labute approximate surface area is 117 Å². The molecule has 0 aliphatic carbocycles. The van der Waals surface area contributed by atoms with Gasteiger partial charge in [-0.3, -0.25) is 4.79 Å². The predicted molar refractivity (Wildman–Crippen MR) is 70.4 cm³/mol. The van der Waals surface area contributed by atoms with Crippen molar-refractivity contribution in [1.82, 2.24) is 4.98 Å². The molecule has 0 radical (unpaired) electrons. The molecule has 0 atom stereocenters. The summed E-state index contributed by atoms with van der Waals surface area (Å²) in [7, 11) is 0. The number of alkyl halides is 3. The molecule has 2 rings (SSSR count). The van der Waals surface area contributed by atoms with Gasteiger partial charge in [-0.2, -0.15) is 13.2 Å². The quantitative estimate of drug-likeness (QED) is 0.944. The van der Waals surface area contributed by atoms with E-state index < -0.39 is 11.7 Å². The zero-order valence-corrected chi connectivity index (χ0v) is 11.1. The van der Waals surface area contributed by atoms with Crippen molar-refractivity contribution >= 4 is 22.3 Å². The van der Waals surface area contributed by atoms with Crippen molar-refractivity contribution in [2.24, 2.45) is 0 Å². The molecule has 0 fully saturated rings. The van der Waals surface area contributed by atoms with Crippen LogP contribution in [0, 0.1) is 0 Å². The molecule has 3 nitrogen and oxygen atoms in total. The smallest absolute Gasteiger partial charge is 0.375 e. The van der Waals surface area contributed by atoms with E-state index in [0.717, 1.165) is 12.1 Å². The lowest BCUT2D eigenvalue weighted by molar-refractivity contribution is -0.137. The molecule has 1 heterocycles. The minimum atomic E-state index is -4.36. The Morgan fingerprint density at radius 1 is 1.20 bits per heavy atom. The highest BCUT2D eigenvalue weighted by molar-refractivity contribution is 7.13. The van der Waals surface area contributed by atoms with Crippen LogP contribution in [0.3, 0.4) is 0 Å². The second kappa shape index (κ2) is 5.62. The maximum atomic E-state index is 12.4. The van der Waals surface area contributed by atoms with Gasteiger partial charge in [0, 0.05) is 18.2 Å². The Kier molecular flexibility index (Phi) is 4.08. The first-order valence-corrected chi connectivity index (χ1v) is 6.60. The van der Waals surface area contributed by atoms with Gasteiger partial charge in [0.15, 0.2) is 5.13 Å². The van der Waals surface area contributed by atoms with Crippen LogP contribution in [0.15, 0.2) is 29.6 Å². The zero-order chi connectivity index (χ0) is 14.8. The molecule has 106 valence electrons. The molecular formula is C13H11F3N2OS. The average molecular weight is 300 g/mol. The van der Waals surface area contributed by atoms with Crippen LogP contribution < -0.4 is 5.73 Å². The number of rotatable bonds is 4. The molecule has 0 unspecified atom stereocenters.